The molecule has 0 spiro atoms. The SMILES string of the molecule is C=CC(SC(CCSC(C)O)SC(C=C)c1ccccc1)c1ccccc1. The average Bonchev–Trinajstić information content (AvgIpc) is 2.70. The lowest BCUT2D eigenvalue weighted by atomic mass is 10.1. The van der Waals surface area contributed by atoms with Gasteiger partial charge < -0.3 is 5.11 Å². The highest BCUT2D eigenvalue weighted by molar-refractivity contribution is 8.17. The molecule has 1 N–H and O–H groups in total. The summed E-state index contributed by atoms with van der Waals surface area (Å²) < 4.78 is 0.377. The number of thioether (sulfide) groups is 3. The Morgan fingerprint density at radius 2 is 1.30 bits per heavy atom. The van der Waals surface area contributed by atoms with Crippen LogP contribution in [0.2, 0.25) is 0 Å². The van der Waals surface area contributed by atoms with Crippen LogP contribution in [0.5, 0.6) is 0 Å². The van der Waals surface area contributed by atoms with Crippen LogP contribution in [0.3, 0.4) is 0 Å². The monoisotopic (exact) mass is 416 g/mol. The molecule has 0 aromatic heterocycles. The normalized spacial score (nSPS) is 15.5. The van der Waals surface area contributed by atoms with Crippen molar-refractivity contribution in [1.29, 1.82) is 0 Å². The Bertz CT molecular complexity index is 619. The molecule has 0 heterocycles. The zero-order chi connectivity index (χ0) is 19.5. The van der Waals surface area contributed by atoms with Gasteiger partial charge in [0.2, 0.25) is 0 Å². The van der Waals surface area contributed by atoms with Gasteiger partial charge in [0.25, 0.3) is 0 Å². The molecule has 2 aromatic rings. The standard InChI is InChI=1S/C23H28OS3/c1-4-21(19-12-8-6-9-13-19)26-23(16-17-25-18(3)24)27-22(5-2)20-14-10-7-11-15-20/h4-15,18,21-24H,1-2,16-17H2,3H3. The van der Waals surface area contributed by atoms with Crippen molar-refractivity contribution >= 4 is 35.3 Å². The lowest BCUT2D eigenvalue weighted by Crippen LogP contribution is -2.07. The van der Waals surface area contributed by atoms with Gasteiger partial charge in [0, 0.05) is 10.5 Å². The van der Waals surface area contributed by atoms with E-state index in [9.17, 15) is 5.11 Å². The summed E-state index contributed by atoms with van der Waals surface area (Å²) in [7, 11) is 0. The summed E-state index contributed by atoms with van der Waals surface area (Å²) >= 11 is 5.47. The molecule has 3 unspecified atom stereocenters. The molecule has 3 atom stereocenters. The zero-order valence-electron chi connectivity index (χ0n) is 15.7. The van der Waals surface area contributed by atoms with Crippen LogP contribution in [0.1, 0.15) is 35.0 Å². The molecular formula is C23H28OS3. The maximum atomic E-state index is 9.59. The van der Waals surface area contributed by atoms with Gasteiger partial charge in [-0.05, 0) is 30.2 Å². The summed E-state index contributed by atoms with van der Waals surface area (Å²) in [5.41, 5.74) is 2.23. The first-order valence-corrected chi connectivity index (χ1v) is 12.0. The van der Waals surface area contributed by atoms with Crippen molar-refractivity contribution < 1.29 is 5.11 Å². The molecule has 144 valence electrons. The Labute approximate surface area is 176 Å². The molecule has 2 aromatic carbocycles. The van der Waals surface area contributed by atoms with Crippen molar-refractivity contribution in [3.05, 3.63) is 97.1 Å². The molecule has 0 aliphatic carbocycles. The van der Waals surface area contributed by atoms with Gasteiger partial charge in [0.15, 0.2) is 0 Å². The molecule has 0 amide bonds. The topological polar surface area (TPSA) is 20.2 Å². The Morgan fingerprint density at radius 3 is 1.67 bits per heavy atom. The van der Waals surface area contributed by atoms with E-state index in [2.05, 4.69) is 61.7 Å². The summed E-state index contributed by atoms with van der Waals surface area (Å²) in [5.74, 6) is 0.930. The fourth-order valence-corrected chi connectivity index (χ4v) is 6.65. The van der Waals surface area contributed by atoms with Crippen LogP contribution in [-0.2, 0) is 0 Å². The molecule has 0 saturated carbocycles. The summed E-state index contributed by atoms with van der Waals surface area (Å²) in [6, 6.07) is 21.0. The van der Waals surface area contributed by atoms with Gasteiger partial charge in [-0.2, -0.15) is 0 Å². The van der Waals surface area contributed by atoms with Crippen LogP contribution in [0.15, 0.2) is 86.0 Å². The highest BCUT2D eigenvalue weighted by atomic mass is 32.2. The van der Waals surface area contributed by atoms with Crippen molar-refractivity contribution in [3.8, 4) is 0 Å². The van der Waals surface area contributed by atoms with Crippen LogP contribution in [-0.4, -0.2) is 20.9 Å². The first-order valence-electron chi connectivity index (χ1n) is 9.09. The fraction of sp³-hybridized carbons (Fsp3) is 0.304. The van der Waals surface area contributed by atoms with E-state index in [1.54, 1.807) is 11.8 Å². The molecule has 0 bridgehead atoms. The number of hydrogen-bond acceptors (Lipinski definition) is 4. The van der Waals surface area contributed by atoms with E-state index in [1.807, 2.05) is 54.7 Å². The van der Waals surface area contributed by atoms with Crippen molar-refractivity contribution in [2.45, 2.75) is 33.9 Å². The molecule has 2 rings (SSSR count). The quantitative estimate of drug-likeness (QED) is 0.294. The molecule has 1 nitrogen and oxygen atoms in total. The minimum Gasteiger partial charge on any atom is -0.383 e. The fourth-order valence-electron chi connectivity index (χ4n) is 2.66. The third-order valence-electron chi connectivity index (χ3n) is 3.99. The second-order valence-electron chi connectivity index (χ2n) is 6.09. The van der Waals surface area contributed by atoms with Crippen molar-refractivity contribution in [2.24, 2.45) is 0 Å². The van der Waals surface area contributed by atoms with E-state index in [0.29, 0.717) is 4.58 Å². The molecule has 0 saturated heterocycles. The second kappa shape index (κ2) is 12.4. The van der Waals surface area contributed by atoms with Gasteiger partial charge in [-0.1, -0.05) is 72.8 Å². The lowest BCUT2D eigenvalue weighted by molar-refractivity contribution is 0.284. The smallest absolute Gasteiger partial charge is 0.0964 e. The average molecular weight is 417 g/mol. The van der Waals surface area contributed by atoms with Crippen LogP contribution in [0, 0.1) is 0 Å². The highest BCUT2D eigenvalue weighted by Crippen LogP contribution is 2.45. The highest BCUT2D eigenvalue weighted by Gasteiger charge is 2.21. The second-order valence-corrected chi connectivity index (χ2v) is 10.5. The third-order valence-corrected chi connectivity index (χ3v) is 8.21. The largest absolute Gasteiger partial charge is 0.383 e. The molecule has 0 fully saturated rings. The lowest BCUT2D eigenvalue weighted by Gasteiger charge is -2.25. The summed E-state index contributed by atoms with van der Waals surface area (Å²) in [4.78, 5) is 0. The number of aliphatic hydroxyl groups excluding tert-OH is 1. The molecular weight excluding hydrogens is 388 g/mol. The predicted octanol–water partition coefficient (Wildman–Crippen LogP) is 7.10. The first-order chi connectivity index (χ1) is 13.1. The van der Waals surface area contributed by atoms with Gasteiger partial charge in [-0.25, -0.2) is 0 Å². The van der Waals surface area contributed by atoms with Crippen LogP contribution < -0.4 is 0 Å². The van der Waals surface area contributed by atoms with E-state index in [4.69, 9.17) is 0 Å². The molecule has 0 aliphatic heterocycles. The van der Waals surface area contributed by atoms with Crippen LogP contribution in [0.4, 0.5) is 0 Å². The number of aliphatic hydroxyl groups is 1. The van der Waals surface area contributed by atoms with Crippen LogP contribution >= 0.6 is 35.3 Å². The molecule has 0 radical (unpaired) electrons. The summed E-state index contributed by atoms with van der Waals surface area (Å²) in [6.07, 6.45) is 5.07. The van der Waals surface area contributed by atoms with E-state index in [0.717, 1.165) is 12.2 Å². The van der Waals surface area contributed by atoms with Gasteiger partial charge in [-0.15, -0.1) is 48.4 Å². The number of hydrogen-bond donors (Lipinski definition) is 1. The minimum atomic E-state index is -0.325. The van der Waals surface area contributed by atoms with Gasteiger partial charge >= 0.3 is 0 Å². The Morgan fingerprint density at radius 1 is 0.852 bits per heavy atom. The van der Waals surface area contributed by atoms with Crippen molar-refractivity contribution in [1.82, 2.24) is 0 Å². The van der Waals surface area contributed by atoms with E-state index >= 15 is 0 Å². The minimum absolute atomic E-state index is 0.251. The van der Waals surface area contributed by atoms with Gasteiger partial charge in [0.05, 0.1) is 10.0 Å². The third kappa shape index (κ3) is 7.82. The van der Waals surface area contributed by atoms with E-state index in [-0.39, 0.29) is 15.9 Å². The summed E-state index contributed by atoms with van der Waals surface area (Å²) in [6.45, 7) is 9.95. The summed E-state index contributed by atoms with van der Waals surface area (Å²) in [5, 5.41) is 10.1. The maximum absolute atomic E-state index is 9.59. The first kappa shape index (κ1) is 22.2. The Kier molecular flexibility index (Phi) is 10.2. The Balaban J connectivity index is 2.11. The van der Waals surface area contributed by atoms with Gasteiger partial charge in [0.1, 0.15) is 0 Å². The molecule has 4 heteroatoms. The van der Waals surface area contributed by atoms with E-state index in [1.165, 1.54) is 11.1 Å². The van der Waals surface area contributed by atoms with Crippen molar-refractivity contribution in [2.75, 3.05) is 5.75 Å². The zero-order valence-corrected chi connectivity index (χ0v) is 18.2. The Hall–Kier alpha value is -1.07. The molecule has 27 heavy (non-hydrogen) atoms. The van der Waals surface area contributed by atoms with Crippen molar-refractivity contribution in [3.63, 3.8) is 0 Å². The van der Waals surface area contributed by atoms with E-state index < -0.39 is 0 Å². The maximum Gasteiger partial charge on any atom is 0.0964 e. The van der Waals surface area contributed by atoms with Gasteiger partial charge in [-0.3, -0.25) is 0 Å². The molecule has 0 aliphatic rings. The number of benzene rings is 2. The van der Waals surface area contributed by atoms with Crippen LogP contribution in [0.25, 0.3) is 0 Å². The number of rotatable bonds is 12. The predicted molar refractivity (Wildman–Crippen MR) is 126 cm³/mol.